The van der Waals surface area contributed by atoms with Crippen molar-refractivity contribution in [3.63, 3.8) is 0 Å². The van der Waals surface area contributed by atoms with E-state index in [-0.39, 0.29) is 12.1 Å². The van der Waals surface area contributed by atoms with Gasteiger partial charge in [0, 0.05) is 17.6 Å². The van der Waals surface area contributed by atoms with Crippen LogP contribution in [-0.2, 0) is 0 Å². The third-order valence-corrected chi connectivity index (χ3v) is 4.54. The summed E-state index contributed by atoms with van der Waals surface area (Å²) < 4.78 is 0. The molecule has 2 amide bonds. The lowest BCUT2D eigenvalue weighted by Crippen LogP contribution is -2.33. The number of anilines is 1. The Morgan fingerprint density at radius 2 is 1.90 bits per heavy atom. The topological polar surface area (TPSA) is 52.6 Å². The molecule has 1 heterocycles. The molecule has 2 aromatic rings. The van der Waals surface area contributed by atoms with Gasteiger partial charge in [-0.1, -0.05) is 18.2 Å². The summed E-state index contributed by atoms with van der Waals surface area (Å²) in [5, 5.41) is 14.3. The minimum atomic E-state index is -0.503. The largest absolute Gasteiger partial charge is 0.389 e. The molecule has 2 unspecified atom stereocenters. The summed E-state index contributed by atoms with van der Waals surface area (Å²) in [5.74, 6) is 0. The Morgan fingerprint density at radius 3 is 2.43 bits per heavy atom. The summed E-state index contributed by atoms with van der Waals surface area (Å²) >= 11 is 1.64. The normalized spacial score (nSPS) is 13.5. The van der Waals surface area contributed by atoms with Gasteiger partial charge in [0.2, 0.25) is 0 Å². The number of nitrogens with one attached hydrogen (secondary N) is 1. The molecule has 0 bridgehead atoms. The first kappa shape index (κ1) is 15.5. The number of rotatable bonds is 4. The summed E-state index contributed by atoms with van der Waals surface area (Å²) in [5.41, 5.74) is 1.54. The maximum Gasteiger partial charge on any atom is 0.322 e. The molecule has 5 heteroatoms. The van der Waals surface area contributed by atoms with Crippen molar-refractivity contribution in [2.75, 3.05) is 12.4 Å². The van der Waals surface area contributed by atoms with Crippen LogP contribution in [0.5, 0.6) is 0 Å². The lowest BCUT2D eigenvalue weighted by atomic mass is 10.1. The Kier molecular flexibility index (Phi) is 4.98. The van der Waals surface area contributed by atoms with Gasteiger partial charge in [-0.05, 0) is 43.0 Å². The number of carbonyl (C=O) groups is 1. The average Bonchev–Trinajstić information content (AvgIpc) is 3.00. The molecule has 112 valence electrons. The molecule has 0 aliphatic heterocycles. The highest BCUT2D eigenvalue weighted by atomic mass is 32.1. The smallest absolute Gasteiger partial charge is 0.322 e. The Hall–Kier alpha value is -1.85. The van der Waals surface area contributed by atoms with Crippen LogP contribution in [-0.4, -0.2) is 23.1 Å². The number of nitrogens with zero attached hydrogens (tertiary/aromatic N) is 1. The monoisotopic (exact) mass is 304 g/mol. The Balaban J connectivity index is 2.00. The van der Waals surface area contributed by atoms with Crippen molar-refractivity contribution in [2.24, 2.45) is 0 Å². The maximum atomic E-state index is 12.2. The zero-order chi connectivity index (χ0) is 15.4. The number of carbonyl (C=O) groups excluding carboxylic acids is 1. The molecule has 0 saturated heterocycles. The second-order valence-corrected chi connectivity index (χ2v) is 6.01. The quantitative estimate of drug-likeness (QED) is 0.896. The summed E-state index contributed by atoms with van der Waals surface area (Å²) in [6, 6.07) is 11.1. The minimum Gasteiger partial charge on any atom is -0.389 e. The van der Waals surface area contributed by atoms with Crippen molar-refractivity contribution in [2.45, 2.75) is 26.0 Å². The molecule has 0 fully saturated rings. The molecule has 0 spiro atoms. The zero-order valence-electron chi connectivity index (χ0n) is 12.4. The highest BCUT2D eigenvalue weighted by Crippen LogP contribution is 2.24. The van der Waals surface area contributed by atoms with Crippen molar-refractivity contribution in [1.82, 2.24) is 4.90 Å². The first-order chi connectivity index (χ1) is 9.99. The standard InChI is InChI=1S/C16H20N2O2S/c1-11(15-5-4-10-21-15)18(3)16(20)17-14-8-6-13(7-9-14)12(2)19/h4-12,19H,1-3H3,(H,17,20). The second-order valence-electron chi connectivity index (χ2n) is 5.03. The second kappa shape index (κ2) is 6.74. The molecular weight excluding hydrogens is 284 g/mol. The molecule has 2 atom stereocenters. The van der Waals surface area contributed by atoms with E-state index in [9.17, 15) is 9.90 Å². The number of thiophene rings is 1. The van der Waals surface area contributed by atoms with Crippen molar-refractivity contribution in [3.05, 3.63) is 52.2 Å². The predicted octanol–water partition coefficient (Wildman–Crippen LogP) is 4.03. The summed E-state index contributed by atoms with van der Waals surface area (Å²) in [6.07, 6.45) is -0.503. The SMILES string of the molecule is CC(O)c1ccc(NC(=O)N(C)C(C)c2cccs2)cc1. The van der Waals surface area contributed by atoms with Gasteiger partial charge in [-0.25, -0.2) is 4.79 Å². The molecule has 0 aliphatic carbocycles. The summed E-state index contributed by atoms with van der Waals surface area (Å²) in [4.78, 5) is 15.1. The van der Waals surface area contributed by atoms with Crippen LogP contribution in [0.2, 0.25) is 0 Å². The Labute approximate surface area is 129 Å². The Bertz CT molecular complexity index is 579. The lowest BCUT2D eigenvalue weighted by Gasteiger charge is -2.24. The fourth-order valence-corrected chi connectivity index (χ4v) is 2.78. The fourth-order valence-electron chi connectivity index (χ4n) is 1.95. The predicted molar refractivity (Wildman–Crippen MR) is 86.6 cm³/mol. The van der Waals surface area contributed by atoms with Crippen LogP contribution in [0.15, 0.2) is 41.8 Å². The third-order valence-electron chi connectivity index (χ3n) is 3.50. The van der Waals surface area contributed by atoms with Crippen LogP contribution >= 0.6 is 11.3 Å². The van der Waals surface area contributed by atoms with Crippen molar-refractivity contribution < 1.29 is 9.90 Å². The molecule has 1 aromatic heterocycles. The maximum absolute atomic E-state index is 12.2. The van der Waals surface area contributed by atoms with E-state index in [0.717, 1.165) is 16.1 Å². The number of amides is 2. The number of hydrogen-bond donors (Lipinski definition) is 2. The van der Waals surface area contributed by atoms with Crippen molar-refractivity contribution in [1.29, 1.82) is 0 Å². The first-order valence-electron chi connectivity index (χ1n) is 6.84. The van der Waals surface area contributed by atoms with E-state index in [0.29, 0.717) is 0 Å². The molecule has 0 radical (unpaired) electrons. The van der Waals surface area contributed by atoms with Gasteiger partial charge in [0.15, 0.2) is 0 Å². The zero-order valence-corrected chi connectivity index (χ0v) is 13.2. The van der Waals surface area contributed by atoms with E-state index in [1.165, 1.54) is 0 Å². The van der Waals surface area contributed by atoms with Crippen LogP contribution in [0.4, 0.5) is 10.5 Å². The van der Waals surface area contributed by atoms with Crippen LogP contribution in [0.3, 0.4) is 0 Å². The van der Waals surface area contributed by atoms with Gasteiger partial charge in [-0.3, -0.25) is 0 Å². The fraction of sp³-hybridized carbons (Fsp3) is 0.312. The number of aliphatic hydroxyl groups is 1. The lowest BCUT2D eigenvalue weighted by molar-refractivity contribution is 0.199. The van der Waals surface area contributed by atoms with Gasteiger partial charge in [0.25, 0.3) is 0 Å². The van der Waals surface area contributed by atoms with Crippen LogP contribution in [0, 0.1) is 0 Å². The summed E-state index contributed by atoms with van der Waals surface area (Å²) in [6.45, 7) is 3.71. The third kappa shape index (κ3) is 3.83. The van der Waals surface area contributed by atoms with E-state index >= 15 is 0 Å². The molecule has 1 aromatic carbocycles. The molecule has 2 N–H and O–H groups in total. The van der Waals surface area contributed by atoms with Crippen molar-refractivity contribution in [3.8, 4) is 0 Å². The van der Waals surface area contributed by atoms with E-state index in [1.54, 1.807) is 42.3 Å². The van der Waals surface area contributed by atoms with Gasteiger partial charge < -0.3 is 15.3 Å². The van der Waals surface area contributed by atoms with E-state index in [2.05, 4.69) is 5.32 Å². The van der Waals surface area contributed by atoms with Gasteiger partial charge >= 0.3 is 6.03 Å². The van der Waals surface area contributed by atoms with Gasteiger partial charge in [0.05, 0.1) is 12.1 Å². The molecule has 21 heavy (non-hydrogen) atoms. The highest BCUT2D eigenvalue weighted by molar-refractivity contribution is 7.10. The van der Waals surface area contributed by atoms with Crippen LogP contribution in [0.1, 0.15) is 36.4 Å². The van der Waals surface area contributed by atoms with Crippen LogP contribution < -0.4 is 5.32 Å². The highest BCUT2D eigenvalue weighted by Gasteiger charge is 2.18. The molecule has 4 nitrogen and oxygen atoms in total. The Morgan fingerprint density at radius 1 is 1.24 bits per heavy atom. The molecule has 0 aliphatic rings. The number of aliphatic hydroxyl groups excluding tert-OH is 1. The molecular formula is C16H20N2O2S. The van der Waals surface area contributed by atoms with Gasteiger partial charge in [0.1, 0.15) is 0 Å². The van der Waals surface area contributed by atoms with Gasteiger partial charge in [-0.2, -0.15) is 0 Å². The van der Waals surface area contributed by atoms with Crippen LogP contribution in [0.25, 0.3) is 0 Å². The van der Waals surface area contributed by atoms with Gasteiger partial charge in [-0.15, -0.1) is 11.3 Å². The number of urea groups is 1. The first-order valence-corrected chi connectivity index (χ1v) is 7.72. The van der Waals surface area contributed by atoms with Crippen molar-refractivity contribution >= 4 is 23.1 Å². The molecule has 0 saturated carbocycles. The number of hydrogen-bond acceptors (Lipinski definition) is 3. The summed E-state index contributed by atoms with van der Waals surface area (Å²) in [7, 11) is 1.78. The average molecular weight is 304 g/mol. The van der Waals surface area contributed by atoms with E-state index < -0.39 is 6.10 Å². The number of benzene rings is 1. The molecule has 2 rings (SSSR count). The minimum absolute atomic E-state index is 0.0294. The van der Waals surface area contributed by atoms with E-state index in [1.807, 2.05) is 36.6 Å². The van der Waals surface area contributed by atoms with E-state index in [4.69, 9.17) is 0 Å².